The van der Waals surface area contributed by atoms with Gasteiger partial charge < -0.3 is 9.32 Å². The summed E-state index contributed by atoms with van der Waals surface area (Å²) in [5.41, 5.74) is 0.182. The highest BCUT2D eigenvalue weighted by molar-refractivity contribution is 9.10. The third-order valence-electron chi connectivity index (χ3n) is 2.31. The minimum absolute atomic E-state index is 0.0469. The molecule has 1 heterocycles. The van der Waals surface area contributed by atoms with Gasteiger partial charge in [-0.05, 0) is 18.2 Å². The Balaban J connectivity index is 2.70. The molecule has 1 aromatic heterocycles. The Morgan fingerprint density at radius 3 is 2.65 bits per heavy atom. The van der Waals surface area contributed by atoms with E-state index in [2.05, 4.69) is 15.9 Å². The Bertz CT molecular complexity index is 646. The van der Waals surface area contributed by atoms with Crippen molar-refractivity contribution in [3.8, 4) is 0 Å². The largest absolute Gasteiger partial charge is 0.451 e. The van der Waals surface area contributed by atoms with Crippen molar-refractivity contribution < 1.29 is 9.21 Å². The molecule has 0 bridgehead atoms. The lowest BCUT2D eigenvalue weighted by atomic mass is 10.2. The first-order valence-corrected chi connectivity index (χ1v) is 5.73. The Morgan fingerprint density at radius 2 is 2.00 bits per heavy atom. The molecule has 1 aromatic carbocycles. The van der Waals surface area contributed by atoms with Crippen LogP contribution >= 0.6 is 15.9 Å². The van der Waals surface area contributed by atoms with Crippen LogP contribution in [0.4, 0.5) is 0 Å². The molecule has 0 saturated heterocycles. The highest BCUT2D eigenvalue weighted by atomic mass is 79.9. The van der Waals surface area contributed by atoms with Crippen LogP contribution in [0, 0.1) is 0 Å². The predicted molar refractivity (Wildman–Crippen MR) is 68.2 cm³/mol. The van der Waals surface area contributed by atoms with Crippen LogP contribution in [0.3, 0.4) is 0 Å². The van der Waals surface area contributed by atoms with Crippen molar-refractivity contribution in [2.24, 2.45) is 0 Å². The smallest absolute Gasteiger partial charge is 0.289 e. The number of fused-ring (bicyclic) bond motifs is 1. The Labute approximate surface area is 106 Å². The van der Waals surface area contributed by atoms with Crippen LogP contribution in [0.2, 0.25) is 0 Å². The lowest BCUT2D eigenvalue weighted by Gasteiger charge is -2.09. The molecule has 0 fully saturated rings. The first-order chi connectivity index (χ1) is 7.99. The van der Waals surface area contributed by atoms with Crippen LogP contribution in [0.1, 0.15) is 10.6 Å². The van der Waals surface area contributed by atoms with Crippen molar-refractivity contribution in [1.82, 2.24) is 4.90 Å². The molecule has 0 spiro atoms. The van der Waals surface area contributed by atoms with Gasteiger partial charge >= 0.3 is 0 Å². The van der Waals surface area contributed by atoms with E-state index in [4.69, 9.17) is 4.42 Å². The van der Waals surface area contributed by atoms with Gasteiger partial charge in [-0.15, -0.1) is 0 Å². The van der Waals surface area contributed by atoms with E-state index in [0.29, 0.717) is 11.0 Å². The maximum atomic E-state index is 11.8. The molecule has 0 radical (unpaired) electrons. The number of halogens is 1. The van der Waals surface area contributed by atoms with E-state index in [1.54, 1.807) is 32.3 Å². The van der Waals surface area contributed by atoms with Crippen LogP contribution in [0.15, 0.2) is 37.9 Å². The SMILES string of the molecule is CN(C)C(=O)c1cc(=O)c2ccc(Br)cc2o1. The summed E-state index contributed by atoms with van der Waals surface area (Å²) in [6, 6.07) is 6.31. The van der Waals surface area contributed by atoms with Gasteiger partial charge in [-0.2, -0.15) is 0 Å². The van der Waals surface area contributed by atoms with E-state index in [1.165, 1.54) is 11.0 Å². The molecule has 5 heteroatoms. The zero-order valence-corrected chi connectivity index (χ0v) is 10.9. The van der Waals surface area contributed by atoms with Crippen LogP contribution in [0.25, 0.3) is 11.0 Å². The van der Waals surface area contributed by atoms with Gasteiger partial charge in [0.25, 0.3) is 5.91 Å². The van der Waals surface area contributed by atoms with Gasteiger partial charge in [0.1, 0.15) is 5.58 Å². The lowest BCUT2D eigenvalue weighted by molar-refractivity contribution is 0.0797. The molecule has 17 heavy (non-hydrogen) atoms. The second-order valence-electron chi connectivity index (χ2n) is 3.81. The first-order valence-electron chi connectivity index (χ1n) is 4.94. The summed E-state index contributed by atoms with van der Waals surface area (Å²) in [4.78, 5) is 24.9. The predicted octanol–water partition coefficient (Wildman–Crippen LogP) is 2.26. The lowest BCUT2D eigenvalue weighted by Crippen LogP contribution is -2.22. The monoisotopic (exact) mass is 295 g/mol. The molecule has 0 saturated carbocycles. The van der Waals surface area contributed by atoms with Gasteiger partial charge in [-0.3, -0.25) is 9.59 Å². The van der Waals surface area contributed by atoms with Gasteiger partial charge in [0.15, 0.2) is 11.2 Å². The van der Waals surface area contributed by atoms with Gasteiger partial charge in [0.05, 0.1) is 5.39 Å². The zero-order chi connectivity index (χ0) is 12.6. The van der Waals surface area contributed by atoms with Gasteiger partial charge in [0, 0.05) is 24.6 Å². The van der Waals surface area contributed by atoms with E-state index in [1.807, 2.05) is 0 Å². The molecular weight excluding hydrogens is 286 g/mol. The molecule has 0 aliphatic heterocycles. The zero-order valence-electron chi connectivity index (χ0n) is 9.36. The number of amides is 1. The molecule has 0 aliphatic rings. The Hall–Kier alpha value is -1.62. The third kappa shape index (κ3) is 2.24. The van der Waals surface area contributed by atoms with Gasteiger partial charge in [0.2, 0.25) is 0 Å². The summed E-state index contributed by atoms with van der Waals surface area (Å²) in [5.74, 6) is -0.283. The molecule has 88 valence electrons. The number of hydrogen-bond acceptors (Lipinski definition) is 3. The van der Waals surface area contributed by atoms with Crippen LogP contribution in [-0.4, -0.2) is 24.9 Å². The maximum Gasteiger partial charge on any atom is 0.289 e. The van der Waals surface area contributed by atoms with Gasteiger partial charge in [-0.1, -0.05) is 15.9 Å². The minimum Gasteiger partial charge on any atom is -0.451 e. The van der Waals surface area contributed by atoms with Crippen molar-refractivity contribution in [3.63, 3.8) is 0 Å². The highest BCUT2D eigenvalue weighted by Crippen LogP contribution is 2.18. The van der Waals surface area contributed by atoms with Crippen molar-refractivity contribution in [2.75, 3.05) is 14.1 Å². The Morgan fingerprint density at radius 1 is 1.29 bits per heavy atom. The van der Waals surface area contributed by atoms with E-state index in [9.17, 15) is 9.59 Å². The fraction of sp³-hybridized carbons (Fsp3) is 0.167. The fourth-order valence-corrected chi connectivity index (χ4v) is 1.79. The van der Waals surface area contributed by atoms with Crippen molar-refractivity contribution in [3.05, 3.63) is 44.7 Å². The molecule has 2 aromatic rings. The fourth-order valence-electron chi connectivity index (χ4n) is 1.45. The number of rotatable bonds is 1. The summed E-state index contributed by atoms with van der Waals surface area (Å²) < 4.78 is 6.22. The number of carbonyl (C=O) groups excluding carboxylic acids is 1. The molecule has 0 aliphatic carbocycles. The van der Waals surface area contributed by atoms with E-state index in [0.717, 1.165) is 4.47 Å². The summed E-state index contributed by atoms with van der Waals surface area (Å²) >= 11 is 3.29. The molecule has 0 unspecified atom stereocenters. The standard InChI is InChI=1S/C12H10BrNO3/c1-14(2)12(16)11-6-9(15)8-4-3-7(13)5-10(8)17-11/h3-6H,1-2H3. The normalized spacial score (nSPS) is 10.5. The summed E-state index contributed by atoms with van der Waals surface area (Å²) in [6.07, 6.45) is 0. The molecule has 0 N–H and O–H groups in total. The molecule has 4 nitrogen and oxygen atoms in total. The summed E-state index contributed by atoms with van der Waals surface area (Å²) in [6.45, 7) is 0. The second kappa shape index (κ2) is 4.33. The topological polar surface area (TPSA) is 50.5 Å². The number of nitrogens with zero attached hydrogens (tertiary/aromatic N) is 1. The van der Waals surface area contributed by atoms with Gasteiger partial charge in [-0.25, -0.2) is 0 Å². The number of benzene rings is 1. The Kier molecular flexibility index (Phi) is 3.02. The summed E-state index contributed by atoms with van der Waals surface area (Å²) in [7, 11) is 3.21. The maximum absolute atomic E-state index is 11.8. The van der Waals surface area contributed by atoms with Crippen LogP contribution in [-0.2, 0) is 0 Å². The van der Waals surface area contributed by atoms with Crippen molar-refractivity contribution in [1.29, 1.82) is 0 Å². The summed E-state index contributed by atoms with van der Waals surface area (Å²) in [5, 5.41) is 0.462. The second-order valence-corrected chi connectivity index (χ2v) is 4.73. The van der Waals surface area contributed by atoms with E-state index in [-0.39, 0.29) is 17.1 Å². The molecule has 1 amide bonds. The van der Waals surface area contributed by atoms with Crippen LogP contribution < -0.4 is 5.43 Å². The molecule has 0 atom stereocenters. The average molecular weight is 296 g/mol. The number of carbonyl (C=O) groups is 1. The first kappa shape index (κ1) is 11.9. The quantitative estimate of drug-likeness (QED) is 0.811. The van der Waals surface area contributed by atoms with Crippen LogP contribution in [0.5, 0.6) is 0 Å². The van der Waals surface area contributed by atoms with E-state index < -0.39 is 0 Å². The minimum atomic E-state index is -0.330. The van der Waals surface area contributed by atoms with Crippen molar-refractivity contribution in [2.45, 2.75) is 0 Å². The van der Waals surface area contributed by atoms with Crippen molar-refractivity contribution >= 4 is 32.8 Å². The number of hydrogen-bond donors (Lipinski definition) is 0. The third-order valence-corrected chi connectivity index (χ3v) is 2.80. The average Bonchev–Trinajstić information content (AvgIpc) is 2.27. The highest BCUT2D eigenvalue weighted by Gasteiger charge is 2.13. The molecular formula is C12H10BrNO3. The molecule has 2 rings (SSSR count). The van der Waals surface area contributed by atoms with E-state index >= 15 is 0 Å².